The Balaban J connectivity index is 1.59. The van der Waals surface area contributed by atoms with E-state index in [9.17, 15) is 9.59 Å². The number of nitrogens with zero attached hydrogens (tertiary/aromatic N) is 2. The predicted molar refractivity (Wildman–Crippen MR) is 138 cm³/mol. The van der Waals surface area contributed by atoms with Gasteiger partial charge in [-0.05, 0) is 68.0 Å². The molecule has 0 radical (unpaired) electrons. The molecule has 2 N–H and O–H groups in total. The molecule has 0 aliphatic heterocycles. The first-order valence-corrected chi connectivity index (χ1v) is 11.6. The average molecular weight is 560 g/mol. The third kappa shape index (κ3) is 11.5. The SMILES string of the molecule is O=C(CCCCC(=O)N/N=C/C(Br)=C/c1ccccc1)N/N=C/C(Br)=C/c1ccccc1. The largest absolute Gasteiger partial charge is 0.273 e. The van der Waals surface area contributed by atoms with E-state index in [1.807, 2.05) is 72.8 Å². The zero-order valence-corrected chi connectivity index (χ0v) is 20.6. The van der Waals surface area contributed by atoms with Crippen molar-refractivity contribution in [1.29, 1.82) is 0 Å². The molecule has 0 unspecified atom stereocenters. The Morgan fingerprint density at radius 2 is 1.06 bits per heavy atom. The van der Waals surface area contributed by atoms with Gasteiger partial charge in [-0.2, -0.15) is 10.2 Å². The fourth-order valence-corrected chi connectivity index (χ4v) is 3.24. The minimum atomic E-state index is -0.199. The highest BCUT2D eigenvalue weighted by atomic mass is 79.9. The molecule has 32 heavy (non-hydrogen) atoms. The predicted octanol–water partition coefficient (Wildman–Crippen LogP) is 5.62. The summed E-state index contributed by atoms with van der Waals surface area (Å²) in [6.45, 7) is 0. The zero-order valence-electron chi connectivity index (χ0n) is 17.4. The van der Waals surface area contributed by atoms with Gasteiger partial charge in [0.1, 0.15) is 0 Å². The van der Waals surface area contributed by atoms with E-state index >= 15 is 0 Å². The molecular weight excluding hydrogens is 536 g/mol. The van der Waals surface area contributed by atoms with Crippen LogP contribution in [0.25, 0.3) is 12.2 Å². The lowest BCUT2D eigenvalue weighted by atomic mass is 10.2. The maximum absolute atomic E-state index is 11.8. The number of halogens is 2. The quantitative estimate of drug-likeness (QED) is 0.213. The fourth-order valence-electron chi connectivity index (χ4n) is 2.51. The monoisotopic (exact) mass is 558 g/mol. The van der Waals surface area contributed by atoms with Gasteiger partial charge in [-0.1, -0.05) is 60.7 Å². The standard InChI is InChI=1S/C24H24Br2N4O2/c25-21(15-19-9-3-1-4-10-19)17-27-29-23(31)13-7-8-14-24(32)30-28-18-22(26)16-20-11-5-2-6-12-20/h1-6,9-12,15-18H,7-8,13-14H2,(H,29,31)(H,30,32)/b21-15-,22-16-,27-17+,28-18+. The van der Waals surface area contributed by atoms with Gasteiger partial charge in [0.2, 0.25) is 11.8 Å². The maximum atomic E-state index is 11.8. The van der Waals surface area contributed by atoms with E-state index in [2.05, 4.69) is 52.9 Å². The second kappa shape index (κ2) is 15.0. The second-order valence-electron chi connectivity index (χ2n) is 6.67. The van der Waals surface area contributed by atoms with Crippen molar-refractivity contribution in [2.75, 3.05) is 0 Å². The summed E-state index contributed by atoms with van der Waals surface area (Å²) >= 11 is 6.78. The first-order valence-electron chi connectivity index (χ1n) is 10.0. The van der Waals surface area contributed by atoms with E-state index < -0.39 is 0 Å². The van der Waals surface area contributed by atoms with Crippen LogP contribution in [0.15, 0.2) is 79.8 Å². The van der Waals surface area contributed by atoms with Crippen molar-refractivity contribution in [1.82, 2.24) is 10.9 Å². The van der Waals surface area contributed by atoms with Crippen molar-refractivity contribution >= 4 is 68.3 Å². The van der Waals surface area contributed by atoms with Crippen LogP contribution in [0, 0.1) is 0 Å². The van der Waals surface area contributed by atoms with Gasteiger partial charge in [-0.25, -0.2) is 10.9 Å². The first kappa shape index (κ1) is 25.4. The molecule has 166 valence electrons. The van der Waals surface area contributed by atoms with Gasteiger partial charge in [0.25, 0.3) is 0 Å². The summed E-state index contributed by atoms with van der Waals surface area (Å²) in [5, 5.41) is 7.84. The van der Waals surface area contributed by atoms with Gasteiger partial charge in [0.15, 0.2) is 0 Å². The number of hydrogen-bond acceptors (Lipinski definition) is 4. The van der Waals surface area contributed by atoms with Gasteiger partial charge >= 0.3 is 0 Å². The Morgan fingerprint density at radius 1 is 0.688 bits per heavy atom. The van der Waals surface area contributed by atoms with Crippen molar-refractivity contribution in [2.24, 2.45) is 10.2 Å². The molecule has 0 aliphatic carbocycles. The normalized spacial score (nSPS) is 12.3. The minimum Gasteiger partial charge on any atom is -0.273 e. The van der Waals surface area contributed by atoms with E-state index in [4.69, 9.17) is 0 Å². The molecule has 0 saturated heterocycles. The van der Waals surface area contributed by atoms with Gasteiger partial charge < -0.3 is 0 Å². The number of benzene rings is 2. The number of nitrogens with one attached hydrogen (secondary N) is 2. The van der Waals surface area contributed by atoms with Crippen LogP contribution in [-0.2, 0) is 9.59 Å². The fraction of sp³-hybridized carbons (Fsp3) is 0.167. The summed E-state index contributed by atoms with van der Waals surface area (Å²) in [5.74, 6) is -0.399. The summed E-state index contributed by atoms with van der Waals surface area (Å²) in [7, 11) is 0. The van der Waals surface area contributed by atoms with Crippen molar-refractivity contribution in [3.05, 3.63) is 80.8 Å². The van der Waals surface area contributed by atoms with Crippen LogP contribution in [-0.4, -0.2) is 24.2 Å². The smallest absolute Gasteiger partial charge is 0.240 e. The molecule has 0 heterocycles. The van der Waals surface area contributed by atoms with Gasteiger partial charge in [-0.15, -0.1) is 0 Å². The average Bonchev–Trinajstić information content (AvgIpc) is 2.78. The zero-order chi connectivity index (χ0) is 23.0. The summed E-state index contributed by atoms with van der Waals surface area (Å²) in [4.78, 5) is 23.7. The number of carbonyl (C=O) groups excluding carboxylic acids is 2. The number of allylic oxidation sites excluding steroid dienone is 2. The molecule has 0 spiro atoms. The Kier molecular flexibility index (Phi) is 12.0. The molecule has 0 saturated carbocycles. The van der Waals surface area contributed by atoms with Crippen molar-refractivity contribution in [2.45, 2.75) is 25.7 Å². The van der Waals surface area contributed by atoms with Gasteiger partial charge in [0, 0.05) is 21.8 Å². The molecule has 8 heteroatoms. The van der Waals surface area contributed by atoms with Crippen LogP contribution in [0.3, 0.4) is 0 Å². The van der Waals surface area contributed by atoms with Crippen LogP contribution in [0.4, 0.5) is 0 Å². The molecule has 0 atom stereocenters. The Bertz CT molecular complexity index is 906. The molecule has 0 aliphatic rings. The summed E-state index contributed by atoms with van der Waals surface area (Å²) in [6, 6.07) is 19.5. The van der Waals surface area contributed by atoms with Crippen molar-refractivity contribution in [3.63, 3.8) is 0 Å². The lowest BCUT2D eigenvalue weighted by Gasteiger charge is -2.01. The van der Waals surface area contributed by atoms with Gasteiger partial charge in [-0.3, -0.25) is 9.59 Å². The number of hydrazone groups is 2. The van der Waals surface area contributed by atoms with E-state index in [-0.39, 0.29) is 11.8 Å². The Labute approximate surface area is 204 Å². The number of carbonyl (C=O) groups is 2. The van der Waals surface area contributed by atoms with Crippen LogP contribution in [0.1, 0.15) is 36.8 Å². The van der Waals surface area contributed by atoms with Crippen LogP contribution in [0.5, 0.6) is 0 Å². The van der Waals surface area contributed by atoms with Crippen LogP contribution < -0.4 is 10.9 Å². The third-order valence-corrected chi connectivity index (χ3v) is 4.89. The van der Waals surface area contributed by atoms with Crippen LogP contribution in [0.2, 0.25) is 0 Å². The van der Waals surface area contributed by atoms with E-state index in [0.717, 1.165) is 20.1 Å². The summed E-state index contributed by atoms with van der Waals surface area (Å²) in [6.07, 6.45) is 8.59. The lowest BCUT2D eigenvalue weighted by molar-refractivity contribution is -0.123. The van der Waals surface area contributed by atoms with E-state index in [0.29, 0.717) is 25.7 Å². The Morgan fingerprint density at radius 3 is 1.44 bits per heavy atom. The van der Waals surface area contributed by atoms with Crippen molar-refractivity contribution in [3.8, 4) is 0 Å². The second-order valence-corrected chi connectivity index (χ2v) is 8.50. The van der Waals surface area contributed by atoms with Gasteiger partial charge in [0.05, 0.1) is 12.4 Å². The van der Waals surface area contributed by atoms with Crippen molar-refractivity contribution < 1.29 is 9.59 Å². The lowest BCUT2D eigenvalue weighted by Crippen LogP contribution is -2.18. The number of hydrogen-bond donors (Lipinski definition) is 2. The molecule has 0 fully saturated rings. The summed E-state index contributed by atoms with van der Waals surface area (Å²) in [5.41, 5.74) is 7.01. The molecule has 2 aromatic carbocycles. The Hall–Kier alpha value is -2.84. The highest BCUT2D eigenvalue weighted by Crippen LogP contribution is 2.10. The van der Waals surface area contributed by atoms with Crippen LogP contribution >= 0.6 is 31.9 Å². The molecular formula is C24H24Br2N4O2. The highest BCUT2D eigenvalue weighted by molar-refractivity contribution is 9.12. The molecule has 6 nitrogen and oxygen atoms in total. The topological polar surface area (TPSA) is 82.9 Å². The molecule has 2 amide bonds. The maximum Gasteiger partial charge on any atom is 0.240 e. The number of unbranched alkanes of at least 4 members (excludes halogenated alkanes) is 1. The highest BCUT2D eigenvalue weighted by Gasteiger charge is 2.03. The number of rotatable bonds is 11. The first-order chi connectivity index (χ1) is 15.5. The molecule has 2 rings (SSSR count). The molecule has 0 aromatic heterocycles. The molecule has 0 bridgehead atoms. The summed E-state index contributed by atoms with van der Waals surface area (Å²) < 4.78 is 1.48. The minimum absolute atomic E-state index is 0.199. The number of amides is 2. The van der Waals surface area contributed by atoms with E-state index in [1.165, 1.54) is 12.4 Å². The van der Waals surface area contributed by atoms with E-state index in [1.54, 1.807) is 0 Å². The molecule has 2 aromatic rings. The third-order valence-electron chi connectivity index (χ3n) is 4.02.